The summed E-state index contributed by atoms with van der Waals surface area (Å²) in [6.45, 7) is 5.59. The van der Waals surface area contributed by atoms with E-state index in [1.54, 1.807) is 0 Å². The monoisotopic (exact) mass is 328 g/mol. The molecule has 1 amide bonds. The summed E-state index contributed by atoms with van der Waals surface area (Å²) in [5, 5.41) is 8.38. The Morgan fingerprint density at radius 3 is 3.04 bits per heavy atom. The number of carbonyl (C=O) groups is 1. The van der Waals surface area contributed by atoms with Gasteiger partial charge >= 0.3 is 0 Å². The first kappa shape index (κ1) is 15.6. The highest BCUT2D eigenvalue weighted by molar-refractivity contribution is 5.81. The minimum Gasteiger partial charge on any atom is -0.378 e. The number of benzene rings is 1. The van der Waals surface area contributed by atoms with Crippen molar-refractivity contribution in [2.75, 3.05) is 39.4 Å². The Morgan fingerprint density at radius 1 is 1.29 bits per heavy atom. The van der Waals surface area contributed by atoms with Gasteiger partial charge in [0.25, 0.3) is 0 Å². The third-order valence-corrected chi connectivity index (χ3v) is 5.13. The van der Waals surface area contributed by atoms with Crippen molar-refractivity contribution in [3.8, 4) is 0 Å². The first-order valence-corrected chi connectivity index (χ1v) is 8.81. The van der Waals surface area contributed by atoms with Gasteiger partial charge in [0.2, 0.25) is 5.91 Å². The van der Waals surface area contributed by atoms with Gasteiger partial charge in [-0.1, -0.05) is 18.2 Å². The molecule has 2 aromatic rings. The van der Waals surface area contributed by atoms with E-state index in [2.05, 4.69) is 33.3 Å². The number of carbonyl (C=O) groups excluding carboxylic acids is 1. The highest BCUT2D eigenvalue weighted by atomic mass is 16.5. The first-order chi connectivity index (χ1) is 11.8. The number of piperidine rings is 1. The van der Waals surface area contributed by atoms with Crippen molar-refractivity contribution in [1.82, 2.24) is 20.0 Å². The quantitative estimate of drug-likeness (QED) is 0.930. The molecule has 1 unspecified atom stereocenters. The largest absolute Gasteiger partial charge is 0.378 e. The van der Waals surface area contributed by atoms with Crippen molar-refractivity contribution in [2.24, 2.45) is 5.92 Å². The number of likely N-dealkylation sites (tertiary alicyclic amines) is 1. The molecule has 2 aliphatic heterocycles. The van der Waals surface area contributed by atoms with Crippen LogP contribution in [0.5, 0.6) is 0 Å². The Hall–Kier alpha value is -1.92. The number of ether oxygens (including phenoxy) is 1. The Labute approximate surface area is 141 Å². The van der Waals surface area contributed by atoms with Gasteiger partial charge in [0.1, 0.15) is 0 Å². The number of nitrogens with zero attached hydrogens (tertiary/aromatic N) is 3. The smallest absolute Gasteiger partial charge is 0.227 e. The Kier molecular flexibility index (Phi) is 4.49. The van der Waals surface area contributed by atoms with Crippen LogP contribution in [-0.2, 0) is 16.1 Å². The molecule has 0 spiro atoms. The third kappa shape index (κ3) is 3.16. The van der Waals surface area contributed by atoms with E-state index >= 15 is 0 Å². The van der Waals surface area contributed by atoms with Crippen LogP contribution < -0.4 is 0 Å². The summed E-state index contributed by atoms with van der Waals surface area (Å²) in [7, 11) is 0. The topological polar surface area (TPSA) is 61.5 Å². The molecule has 24 heavy (non-hydrogen) atoms. The van der Waals surface area contributed by atoms with Gasteiger partial charge in [0.15, 0.2) is 0 Å². The summed E-state index contributed by atoms with van der Waals surface area (Å²) >= 11 is 0. The van der Waals surface area contributed by atoms with Crippen molar-refractivity contribution in [2.45, 2.75) is 19.4 Å². The summed E-state index contributed by atoms with van der Waals surface area (Å²) in [5.41, 5.74) is 2.36. The first-order valence-electron chi connectivity index (χ1n) is 8.81. The number of aromatic amines is 1. The molecule has 1 aromatic heterocycles. The van der Waals surface area contributed by atoms with Crippen LogP contribution in [0.3, 0.4) is 0 Å². The molecule has 0 radical (unpaired) electrons. The standard InChI is InChI=1S/C18H24N4O2/c23-18(22-7-9-24-10-8-22)16-5-2-6-21(13-16)12-15-4-1-3-14-11-19-20-17(14)15/h1,3-4,11,16H,2,5-10,12-13H2,(H,19,20). The van der Waals surface area contributed by atoms with E-state index in [9.17, 15) is 4.79 Å². The highest BCUT2D eigenvalue weighted by Crippen LogP contribution is 2.23. The molecule has 1 atom stereocenters. The maximum atomic E-state index is 12.7. The van der Waals surface area contributed by atoms with E-state index < -0.39 is 0 Å². The van der Waals surface area contributed by atoms with Gasteiger partial charge in [-0.05, 0) is 24.9 Å². The molecule has 4 rings (SSSR count). The second kappa shape index (κ2) is 6.91. The van der Waals surface area contributed by atoms with Crippen LogP contribution in [0.2, 0.25) is 0 Å². The lowest BCUT2D eigenvalue weighted by Gasteiger charge is -2.36. The molecule has 1 N–H and O–H groups in total. The number of morpholine rings is 1. The van der Waals surface area contributed by atoms with Crippen LogP contribution >= 0.6 is 0 Å². The molecule has 0 saturated carbocycles. The lowest BCUT2D eigenvalue weighted by atomic mass is 9.95. The highest BCUT2D eigenvalue weighted by Gasteiger charge is 2.30. The predicted octanol–water partition coefficient (Wildman–Crippen LogP) is 1.63. The third-order valence-electron chi connectivity index (χ3n) is 5.13. The summed E-state index contributed by atoms with van der Waals surface area (Å²) < 4.78 is 5.36. The molecule has 0 aliphatic carbocycles. The zero-order chi connectivity index (χ0) is 16.4. The number of H-pyrrole nitrogens is 1. The van der Waals surface area contributed by atoms with Crippen LogP contribution in [0, 0.1) is 5.92 Å². The van der Waals surface area contributed by atoms with Gasteiger partial charge in [0.05, 0.1) is 30.8 Å². The Morgan fingerprint density at radius 2 is 2.17 bits per heavy atom. The van der Waals surface area contributed by atoms with E-state index in [1.807, 2.05) is 11.1 Å². The van der Waals surface area contributed by atoms with Crippen molar-refractivity contribution < 1.29 is 9.53 Å². The van der Waals surface area contributed by atoms with E-state index in [1.165, 1.54) is 5.56 Å². The fraction of sp³-hybridized carbons (Fsp3) is 0.556. The van der Waals surface area contributed by atoms with Crippen LogP contribution in [0.4, 0.5) is 0 Å². The summed E-state index contributed by atoms with van der Waals surface area (Å²) in [4.78, 5) is 17.1. The summed E-state index contributed by atoms with van der Waals surface area (Å²) in [6, 6.07) is 6.30. The lowest BCUT2D eigenvalue weighted by molar-refractivity contribution is -0.141. The molecule has 2 aliphatic rings. The second-order valence-electron chi connectivity index (χ2n) is 6.76. The number of para-hydroxylation sites is 1. The Balaban J connectivity index is 1.43. The number of hydrogen-bond acceptors (Lipinski definition) is 4. The van der Waals surface area contributed by atoms with Gasteiger partial charge < -0.3 is 9.64 Å². The van der Waals surface area contributed by atoms with E-state index in [-0.39, 0.29) is 5.92 Å². The molecule has 2 fully saturated rings. The van der Waals surface area contributed by atoms with Crippen molar-refractivity contribution in [3.63, 3.8) is 0 Å². The zero-order valence-electron chi connectivity index (χ0n) is 13.9. The van der Waals surface area contributed by atoms with Crippen molar-refractivity contribution in [1.29, 1.82) is 0 Å². The number of hydrogen-bond donors (Lipinski definition) is 1. The van der Waals surface area contributed by atoms with Crippen molar-refractivity contribution in [3.05, 3.63) is 30.0 Å². The fourth-order valence-electron chi connectivity index (χ4n) is 3.85. The number of rotatable bonds is 3. The fourth-order valence-corrected chi connectivity index (χ4v) is 3.85. The Bertz CT molecular complexity index is 708. The SMILES string of the molecule is O=C(C1CCCN(Cc2cccc3cn[nH]c23)C1)N1CCOCC1. The molecule has 3 heterocycles. The van der Waals surface area contributed by atoms with E-state index in [0.717, 1.165) is 56.5 Å². The maximum Gasteiger partial charge on any atom is 0.227 e. The number of fused-ring (bicyclic) bond motifs is 1. The predicted molar refractivity (Wildman–Crippen MR) is 91.5 cm³/mol. The minimum atomic E-state index is 0.123. The molecular weight excluding hydrogens is 304 g/mol. The van der Waals surface area contributed by atoms with Gasteiger partial charge in [-0.3, -0.25) is 14.8 Å². The summed E-state index contributed by atoms with van der Waals surface area (Å²) in [5.74, 6) is 0.431. The second-order valence-corrected chi connectivity index (χ2v) is 6.76. The molecule has 6 heteroatoms. The molecule has 0 bridgehead atoms. The van der Waals surface area contributed by atoms with E-state index in [4.69, 9.17) is 4.74 Å². The van der Waals surface area contributed by atoms with Crippen LogP contribution in [0.25, 0.3) is 10.9 Å². The van der Waals surface area contributed by atoms with Gasteiger partial charge in [-0.15, -0.1) is 0 Å². The average Bonchev–Trinajstić information content (AvgIpc) is 3.12. The molecule has 1 aromatic carbocycles. The average molecular weight is 328 g/mol. The maximum absolute atomic E-state index is 12.7. The minimum absolute atomic E-state index is 0.123. The molecule has 128 valence electrons. The normalized spacial score (nSPS) is 22.8. The van der Waals surface area contributed by atoms with Crippen molar-refractivity contribution >= 4 is 16.8 Å². The molecular formula is C18H24N4O2. The number of amides is 1. The number of aromatic nitrogens is 2. The van der Waals surface area contributed by atoms with E-state index in [0.29, 0.717) is 19.1 Å². The van der Waals surface area contributed by atoms with Crippen LogP contribution in [0.15, 0.2) is 24.4 Å². The number of nitrogens with one attached hydrogen (secondary N) is 1. The molecule has 6 nitrogen and oxygen atoms in total. The summed E-state index contributed by atoms with van der Waals surface area (Å²) in [6.07, 6.45) is 3.94. The van der Waals surface area contributed by atoms with Crippen LogP contribution in [-0.4, -0.2) is 65.3 Å². The zero-order valence-corrected chi connectivity index (χ0v) is 13.9. The lowest BCUT2D eigenvalue weighted by Crippen LogP contribution is -2.48. The molecule has 2 saturated heterocycles. The van der Waals surface area contributed by atoms with Gasteiger partial charge in [0, 0.05) is 31.6 Å². The van der Waals surface area contributed by atoms with Gasteiger partial charge in [-0.25, -0.2) is 0 Å². The van der Waals surface area contributed by atoms with Crippen LogP contribution in [0.1, 0.15) is 18.4 Å². The van der Waals surface area contributed by atoms with Gasteiger partial charge in [-0.2, -0.15) is 5.10 Å².